The highest BCUT2D eigenvalue weighted by atomic mass is 16.3. The van der Waals surface area contributed by atoms with E-state index in [1.165, 1.54) is 18.1 Å². The van der Waals surface area contributed by atoms with Gasteiger partial charge < -0.3 is 14.6 Å². The largest absolute Gasteiger partial charge is 0.459 e. The van der Waals surface area contributed by atoms with Gasteiger partial charge in [-0.05, 0) is 36.4 Å². The highest BCUT2D eigenvalue weighted by Gasteiger charge is 2.13. The summed E-state index contributed by atoms with van der Waals surface area (Å²) in [6, 6.07) is 11.9. The van der Waals surface area contributed by atoms with Crippen LogP contribution in [0.2, 0.25) is 0 Å². The van der Waals surface area contributed by atoms with Crippen LogP contribution in [0.3, 0.4) is 0 Å². The van der Waals surface area contributed by atoms with Crippen LogP contribution in [0.4, 0.5) is 5.69 Å². The van der Waals surface area contributed by atoms with E-state index in [2.05, 4.69) is 5.32 Å². The second-order valence-corrected chi connectivity index (χ2v) is 4.56. The Morgan fingerprint density at radius 1 is 1.27 bits per heavy atom. The van der Waals surface area contributed by atoms with Crippen molar-refractivity contribution in [1.82, 2.24) is 5.32 Å². The average Bonchev–Trinajstić information content (AvgIpc) is 3.06. The van der Waals surface area contributed by atoms with Crippen LogP contribution in [0.15, 0.2) is 47.1 Å². The van der Waals surface area contributed by atoms with Crippen molar-refractivity contribution in [3.8, 4) is 6.07 Å². The van der Waals surface area contributed by atoms with Crippen molar-refractivity contribution in [2.24, 2.45) is 0 Å². The molecular weight excluding hydrogens is 282 g/mol. The molecule has 0 spiro atoms. The second kappa shape index (κ2) is 7.09. The standard InChI is InChI=1S/C16H15N3O3/c1-12(20)19(14-6-4-13(11-17)5-7-14)9-8-18-16(21)15-3-2-10-22-15/h2-7,10H,8-9H2,1H3,(H,18,21). The summed E-state index contributed by atoms with van der Waals surface area (Å²) < 4.78 is 4.99. The number of carbonyl (C=O) groups is 2. The molecule has 2 amide bonds. The number of furan rings is 1. The monoisotopic (exact) mass is 297 g/mol. The van der Waals surface area contributed by atoms with Crippen molar-refractivity contribution in [1.29, 1.82) is 5.26 Å². The number of carbonyl (C=O) groups excluding carboxylic acids is 2. The summed E-state index contributed by atoms with van der Waals surface area (Å²) in [5.41, 5.74) is 1.21. The molecule has 0 fully saturated rings. The van der Waals surface area contributed by atoms with Crippen molar-refractivity contribution in [3.05, 3.63) is 54.0 Å². The highest BCUT2D eigenvalue weighted by Crippen LogP contribution is 2.15. The Balaban J connectivity index is 1.96. The van der Waals surface area contributed by atoms with Gasteiger partial charge in [-0.25, -0.2) is 0 Å². The summed E-state index contributed by atoms with van der Waals surface area (Å²) in [7, 11) is 0. The van der Waals surface area contributed by atoms with Gasteiger partial charge in [0.1, 0.15) is 0 Å². The van der Waals surface area contributed by atoms with Crippen LogP contribution in [0.25, 0.3) is 0 Å². The Hall–Kier alpha value is -3.07. The van der Waals surface area contributed by atoms with E-state index >= 15 is 0 Å². The molecule has 6 heteroatoms. The van der Waals surface area contributed by atoms with Crippen molar-refractivity contribution in [2.75, 3.05) is 18.0 Å². The van der Waals surface area contributed by atoms with E-state index in [0.717, 1.165) is 0 Å². The van der Waals surface area contributed by atoms with Gasteiger partial charge in [-0.3, -0.25) is 9.59 Å². The van der Waals surface area contributed by atoms with Crippen LogP contribution in [-0.4, -0.2) is 24.9 Å². The molecule has 112 valence electrons. The predicted octanol–water partition coefficient (Wildman–Crippen LogP) is 1.93. The summed E-state index contributed by atoms with van der Waals surface area (Å²) in [4.78, 5) is 25.0. The van der Waals surface area contributed by atoms with Crippen LogP contribution in [0.1, 0.15) is 23.0 Å². The molecule has 0 radical (unpaired) electrons. The lowest BCUT2D eigenvalue weighted by molar-refractivity contribution is -0.116. The molecule has 0 bridgehead atoms. The van der Waals surface area contributed by atoms with Gasteiger partial charge in [-0.2, -0.15) is 5.26 Å². The quantitative estimate of drug-likeness (QED) is 0.913. The zero-order valence-corrected chi connectivity index (χ0v) is 12.1. The van der Waals surface area contributed by atoms with E-state index in [-0.39, 0.29) is 17.6 Å². The Morgan fingerprint density at radius 3 is 2.55 bits per heavy atom. The molecule has 0 aliphatic heterocycles. The van der Waals surface area contributed by atoms with E-state index in [9.17, 15) is 9.59 Å². The van der Waals surface area contributed by atoms with Gasteiger partial charge in [0.25, 0.3) is 5.91 Å². The van der Waals surface area contributed by atoms with Crippen molar-refractivity contribution in [3.63, 3.8) is 0 Å². The third kappa shape index (κ3) is 3.73. The molecule has 0 saturated carbocycles. The fourth-order valence-electron chi connectivity index (χ4n) is 1.96. The molecule has 0 aliphatic carbocycles. The molecule has 1 heterocycles. The summed E-state index contributed by atoms with van der Waals surface area (Å²) in [6.07, 6.45) is 1.42. The summed E-state index contributed by atoms with van der Waals surface area (Å²) in [5.74, 6) is -0.238. The average molecular weight is 297 g/mol. The van der Waals surface area contributed by atoms with Gasteiger partial charge in [-0.1, -0.05) is 0 Å². The van der Waals surface area contributed by atoms with Crippen molar-refractivity contribution < 1.29 is 14.0 Å². The molecule has 0 atom stereocenters. The molecule has 1 aromatic carbocycles. The van der Waals surface area contributed by atoms with Crippen LogP contribution in [-0.2, 0) is 4.79 Å². The number of anilines is 1. The maximum Gasteiger partial charge on any atom is 0.287 e. The first-order valence-corrected chi connectivity index (χ1v) is 6.72. The van der Waals surface area contributed by atoms with Crippen LogP contribution in [0.5, 0.6) is 0 Å². The van der Waals surface area contributed by atoms with E-state index in [1.807, 2.05) is 6.07 Å². The Bertz CT molecular complexity index is 684. The Labute approximate surface area is 127 Å². The maximum atomic E-state index is 11.7. The molecule has 0 unspecified atom stereocenters. The van der Waals surface area contributed by atoms with Gasteiger partial charge >= 0.3 is 0 Å². The summed E-state index contributed by atoms with van der Waals surface area (Å²) in [5, 5.41) is 11.5. The minimum absolute atomic E-state index is 0.142. The van der Waals surface area contributed by atoms with Crippen molar-refractivity contribution >= 4 is 17.5 Å². The smallest absolute Gasteiger partial charge is 0.287 e. The second-order valence-electron chi connectivity index (χ2n) is 4.56. The van der Waals surface area contributed by atoms with E-state index in [0.29, 0.717) is 24.3 Å². The zero-order chi connectivity index (χ0) is 15.9. The molecule has 22 heavy (non-hydrogen) atoms. The van der Waals surface area contributed by atoms with E-state index in [1.54, 1.807) is 36.4 Å². The molecule has 0 aliphatic rings. The fourth-order valence-corrected chi connectivity index (χ4v) is 1.96. The predicted molar refractivity (Wildman–Crippen MR) is 80.2 cm³/mol. The van der Waals surface area contributed by atoms with Crippen LogP contribution >= 0.6 is 0 Å². The van der Waals surface area contributed by atoms with Crippen molar-refractivity contribution in [2.45, 2.75) is 6.92 Å². The summed E-state index contributed by atoms with van der Waals surface area (Å²) in [6.45, 7) is 2.07. The number of rotatable bonds is 5. The number of nitriles is 1. The fraction of sp³-hybridized carbons (Fsp3) is 0.188. The summed E-state index contributed by atoms with van der Waals surface area (Å²) >= 11 is 0. The lowest BCUT2D eigenvalue weighted by Crippen LogP contribution is -2.37. The normalized spacial score (nSPS) is 9.82. The number of benzene rings is 1. The number of nitrogens with one attached hydrogen (secondary N) is 1. The first-order valence-electron chi connectivity index (χ1n) is 6.72. The van der Waals surface area contributed by atoms with Gasteiger partial charge in [-0.15, -0.1) is 0 Å². The van der Waals surface area contributed by atoms with Gasteiger partial charge in [0, 0.05) is 25.7 Å². The molecule has 2 aromatic rings. The zero-order valence-electron chi connectivity index (χ0n) is 12.1. The lowest BCUT2D eigenvalue weighted by Gasteiger charge is -2.21. The molecule has 2 rings (SSSR count). The van der Waals surface area contributed by atoms with Crippen LogP contribution in [0, 0.1) is 11.3 Å². The lowest BCUT2D eigenvalue weighted by atomic mass is 10.2. The first kappa shape index (κ1) is 15.3. The minimum atomic E-state index is -0.326. The number of hydrogen-bond acceptors (Lipinski definition) is 4. The first-order chi connectivity index (χ1) is 10.6. The minimum Gasteiger partial charge on any atom is -0.459 e. The van der Waals surface area contributed by atoms with Crippen LogP contribution < -0.4 is 10.2 Å². The van der Waals surface area contributed by atoms with E-state index < -0.39 is 0 Å². The van der Waals surface area contributed by atoms with E-state index in [4.69, 9.17) is 9.68 Å². The number of hydrogen-bond donors (Lipinski definition) is 1. The SMILES string of the molecule is CC(=O)N(CCNC(=O)c1ccco1)c1ccc(C#N)cc1. The Morgan fingerprint density at radius 2 is 2.00 bits per heavy atom. The highest BCUT2D eigenvalue weighted by molar-refractivity contribution is 5.92. The Kier molecular flexibility index (Phi) is 4.94. The van der Waals surface area contributed by atoms with Gasteiger partial charge in [0.05, 0.1) is 17.9 Å². The molecule has 1 N–H and O–H groups in total. The molecule has 0 saturated heterocycles. The topological polar surface area (TPSA) is 86.3 Å². The third-order valence-electron chi connectivity index (χ3n) is 3.05. The van der Waals surface area contributed by atoms with Gasteiger partial charge in [0.2, 0.25) is 5.91 Å². The molecule has 1 aromatic heterocycles. The van der Waals surface area contributed by atoms with Gasteiger partial charge in [0.15, 0.2) is 5.76 Å². The number of amides is 2. The number of nitrogens with zero attached hydrogens (tertiary/aromatic N) is 2. The molecular formula is C16H15N3O3. The maximum absolute atomic E-state index is 11.7. The molecule has 6 nitrogen and oxygen atoms in total. The third-order valence-corrected chi connectivity index (χ3v) is 3.05.